The molecule has 3 heteroatoms. The van der Waals surface area contributed by atoms with Gasteiger partial charge in [0.05, 0.1) is 5.02 Å². The van der Waals surface area contributed by atoms with Crippen LogP contribution < -0.4 is 5.73 Å². The van der Waals surface area contributed by atoms with Crippen molar-refractivity contribution in [3.8, 4) is 0 Å². The molecule has 0 aliphatic rings. The van der Waals surface area contributed by atoms with Gasteiger partial charge < -0.3 is 5.73 Å². The summed E-state index contributed by atoms with van der Waals surface area (Å²) in [6.45, 7) is 0. The largest absolute Gasteiger partial charge is 0.398 e. The first kappa shape index (κ1) is 12.3. The van der Waals surface area contributed by atoms with E-state index in [0.717, 1.165) is 27.8 Å². The lowest BCUT2D eigenvalue weighted by molar-refractivity contribution is 1.15. The summed E-state index contributed by atoms with van der Waals surface area (Å²) in [5, 5.41) is 0.739. The Hall–Kier alpha value is -1.12. The Morgan fingerprint density at radius 2 is 1.76 bits per heavy atom. The van der Waals surface area contributed by atoms with Gasteiger partial charge in [-0.3, -0.25) is 0 Å². The molecular formula is C14H14ClNS. The highest BCUT2D eigenvalue weighted by Crippen LogP contribution is 2.32. The standard InChI is InChI=1S/C14H14ClNS/c15-12-7-4-8-13(16)14(12)17-10-9-11-5-2-1-3-6-11/h1-8H,9-10,16H2. The molecule has 88 valence electrons. The van der Waals surface area contributed by atoms with E-state index in [1.54, 1.807) is 11.8 Å². The van der Waals surface area contributed by atoms with Gasteiger partial charge in [-0.1, -0.05) is 48.0 Å². The van der Waals surface area contributed by atoms with Crippen LogP contribution in [0.1, 0.15) is 5.56 Å². The van der Waals surface area contributed by atoms with E-state index in [-0.39, 0.29) is 0 Å². The second kappa shape index (κ2) is 5.99. The topological polar surface area (TPSA) is 26.0 Å². The third kappa shape index (κ3) is 3.42. The fourth-order valence-electron chi connectivity index (χ4n) is 1.59. The number of benzene rings is 2. The molecule has 0 atom stereocenters. The number of hydrogen-bond acceptors (Lipinski definition) is 2. The molecule has 0 aliphatic carbocycles. The van der Waals surface area contributed by atoms with Crippen molar-refractivity contribution in [3.63, 3.8) is 0 Å². The van der Waals surface area contributed by atoms with E-state index in [0.29, 0.717) is 0 Å². The zero-order chi connectivity index (χ0) is 12.1. The van der Waals surface area contributed by atoms with Crippen LogP contribution >= 0.6 is 23.4 Å². The minimum atomic E-state index is 0.739. The van der Waals surface area contributed by atoms with E-state index in [1.807, 2.05) is 24.3 Å². The van der Waals surface area contributed by atoms with Gasteiger partial charge in [-0.25, -0.2) is 0 Å². The van der Waals surface area contributed by atoms with Gasteiger partial charge >= 0.3 is 0 Å². The van der Waals surface area contributed by atoms with Crippen molar-refractivity contribution in [2.24, 2.45) is 0 Å². The summed E-state index contributed by atoms with van der Waals surface area (Å²) in [5.74, 6) is 0.984. The predicted octanol–water partition coefficient (Wildman–Crippen LogP) is 4.26. The molecular weight excluding hydrogens is 250 g/mol. The first-order valence-corrected chi connectivity index (χ1v) is 6.84. The number of anilines is 1. The van der Waals surface area contributed by atoms with Crippen LogP contribution in [0.5, 0.6) is 0 Å². The molecule has 2 rings (SSSR count). The molecule has 2 aromatic carbocycles. The van der Waals surface area contributed by atoms with Crippen molar-refractivity contribution < 1.29 is 0 Å². The fraction of sp³-hybridized carbons (Fsp3) is 0.143. The Balaban J connectivity index is 1.95. The van der Waals surface area contributed by atoms with Gasteiger partial charge in [0.2, 0.25) is 0 Å². The van der Waals surface area contributed by atoms with Crippen LogP contribution in [-0.4, -0.2) is 5.75 Å². The van der Waals surface area contributed by atoms with Crippen molar-refractivity contribution in [2.75, 3.05) is 11.5 Å². The average molecular weight is 264 g/mol. The summed E-state index contributed by atoms with van der Waals surface area (Å²) in [6.07, 6.45) is 1.02. The Bertz CT molecular complexity index is 465. The number of halogens is 1. The molecule has 0 bridgehead atoms. The Labute approximate surface area is 111 Å². The fourth-order valence-corrected chi connectivity index (χ4v) is 2.92. The molecule has 1 nitrogen and oxygen atoms in total. The number of thioether (sulfide) groups is 1. The van der Waals surface area contributed by atoms with Gasteiger partial charge in [-0.05, 0) is 24.1 Å². The number of hydrogen-bond donors (Lipinski definition) is 1. The number of aryl methyl sites for hydroxylation is 1. The van der Waals surface area contributed by atoms with E-state index in [4.69, 9.17) is 17.3 Å². The summed E-state index contributed by atoms with van der Waals surface area (Å²) in [4.78, 5) is 0.991. The lowest BCUT2D eigenvalue weighted by Gasteiger charge is -2.07. The molecule has 2 N–H and O–H groups in total. The van der Waals surface area contributed by atoms with E-state index < -0.39 is 0 Å². The highest BCUT2D eigenvalue weighted by Gasteiger charge is 2.04. The second-order valence-electron chi connectivity index (χ2n) is 3.74. The molecule has 0 aliphatic heterocycles. The Kier molecular flexibility index (Phi) is 4.35. The molecule has 17 heavy (non-hydrogen) atoms. The van der Waals surface area contributed by atoms with Crippen molar-refractivity contribution in [1.29, 1.82) is 0 Å². The van der Waals surface area contributed by atoms with E-state index >= 15 is 0 Å². The summed E-state index contributed by atoms with van der Waals surface area (Å²) in [5.41, 5.74) is 7.99. The average Bonchev–Trinajstić information content (AvgIpc) is 2.34. The maximum Gasteiger partial charge on any atom is 0.0562 e. The number of nitrogen functional groups attached to an aromatic ring is 1. The lowest BCUT2D eigenvalue weighted by atomic mass is 10.2. The SMILES string of the molecule is Nc1cccc(Cl)c1SCCc1ccccc1. The van der Waals surface area contributed by atoms with Crippen molar-refractivity contribution >= 4 is 29.1 Å². The van der Waals surface area contributed by atoms with Gasteiger partial charge in [0.25, 0.3) is 0 Å². The van der Waals surface area contributed by atoms with Crippen LogP contribution in [-0.2, 0) is 6.42 Å². The molecule has 0 saturated heterocycles. The molecule has 0 unspecified atom stereocenters. The molecule has 0 saturated carbocycles. The highest BCUT2D eigenvalue weighted by molar-refractivity contribution is 7.99. The Morgan fingerprint density at radius 1 is 1.00 bits per heavy atom. The predicted molar refractivity (Wildman–Crippen MR) is 76.7 cm³/mol. The van der Waals surface area contributed by atoms with Gasteiger partial charge in [-0.15, -0.1) is 11.8 Å². The minimum Gasteiger partial charge on any atom is -0.398 e. The van der Waals surface area contributed by atoms with Crippen LogP contribution in [0.25, 0.3) is 0 Å². The van der Waals surface area contributed by atoms with Gasteiger partial charge in [0, 0.05) is 16.3 Å². The smallest absolute Gasteiger partial charge is 0.0562 e. The van der Waals surface area contributed by atoms with Gasteiger partial charge in [-0.2, -0.15) is 0 Å². The summed E-state index contributed by atoms with van der Waals surface area (Å²) < 4.78 is 0. The van der Waals surface area contributed by atoms with Crippen LogP contribution in [0.15, 0.2) is 53.4 Å². The summed E-state index contributed by atoms with van der Waals surface area (Å²) >= 11 is 7.82. The molecule has 2 aromatic rings. The maximum absolute atomic E-state index is 6.11. The molecule has 0 amide bonds. The molecule has 0 aromatic heterocycles. The van der Waals surface area contributed by atoms with Crippen LogP contribution in [0.3, 0.4) is 0 Å². The van der Waals surface area contributed by atoms with Crippen LogP contribution in [0, 0.1) is 0 Å². The number of rotatable bonds is 4. The zero-order valence-corrected chi connectivity index (χ0v) is 11.0. The Morgan fingerprint density at radius 3 is 2.47 bits per heavy atom. The van der Waals surface area contributed by atoms with Crippen LogP contribution in [0.2, 0.25) is 5.02 Å². The van der Waals surface area contributed by atoms with E-state index in [2.05, 4.69) is 24.3 Å². The van der Waals surface area contributed by atoms with Crippen LogP contribution in [0.4, 0.5) is 5.69 Å². The minimum absolute atomic E-state index is 0.739. The molecule has 0 fully saturated rings. The van der Waals surface area contributed by atoms with E-state index in [1.165, 1.54) is 5.56 Å². The third-order valence-corrected chi connectivity index (χ3v) is 4.06. The lowest BCUT2D eigenvalue weighted by Crippen LogP contribution is -1.92. The summed E-state index contributed by atoms with van der Waals surface area (Å²) in [6, 6.07) is 16.1. The van der Waals surface area contributed by atoms with Crippen molar-refractivity contribution in [1.82, 2.24) is 0 Å². The number of nitrogens with two attached hydrogens (primary N) is 1. The maximum atomic E-state index is 6.11. The molecule has 0 heterocycles. The second-order valence-corrected chi connectivity index (χ2v) is 5.25. The van der Waals surface area contributed by atoms with E-state index in [9.17, 15) is 0 Å². The van der Waals surface area contributed by atoms with Crippen molar-refractivity contribution in [2.45, 2.75) is 11.3 Å². The van der Waals surface area contributed by atoms with Gasteiger partial charge in [0.15, 0.2) is 0 Å². The third-order valence-electron chi connectivity index (χ3n) is 2.48. The molecule has 0 radical (unpaired) electrons. The quantitative estimate of drug-likeness (QED) is 0.659. The first-order valence-electron chi connectivity index (χ1n) is 5.48. The van der Waals surface area contributed by atoms with Crippen molar-refractivity contribution in [3.05, 3.63) is 59.1 Å². The first-order chi connectivity index (χ1) is 8.27. The summed E-state index contributed by atoms with van der Waals surface area (Å²) in [7, 11) is 0. The molecule has 0 spiro atoms. The highest BCUT2D eigenvalue weighted by atomic mass is 35.5. The monoisotopic (exact) mass is 263 g/mol. The zero-order valence-electron chi connectivity index (χ0n) is 9.40. The van der Waals surface area contributed by atoms with Gasteiger partial charge in [0.1, 0.15) is 0 Å². The normalized spacial score (nSPS) is 10.4.